The molecule has 9 nitrogen and oxygen atoms in total. The largest absolute Gasteiger partial charge is 0.487 e. The summed E-state index contributed by atoms with van der Waals surface area (Å²) < 4.78 is 4.90. The molecular formula is C20H30N3O6+. The molecule has 1 saturated heterocycles. The fourth-order valence-electron chi connectivity index (χ4n) is 4.08. The van der Waals surface area contributed by atoms with Crippen LogP contribution in [0.4, 0.5) is 0 Å². The van der Waals surface area contributed by atoms with Gasteiger partial charge in [-0.1, -0.05) is 18.2 Å². The van der Waals surface area contributed by atoms with Crippen molar-refractivity contribution in [3.63, 3.8) is 0 Å². The van der Waals surface area contributed by atoms with Crippen molar-refractivity contribution >= 4 is 17.8 Å². The number of likely N-dealkylation sites (tertiary alicyclic amines) is 1. The van der Waals surface area contributed by atoms with Crippen molar-refractivity contribution in [1.29, 1.82) is 0 Å². The number of carboxylic acids is 2. The number of rotatable bonds is 11. The number of hydrogen-bond donors (Lipinski definition) is 4. The molecular weight excluding hydrogens is 378 g/mol. The molecule has 1 aliphatic rings. The third kappa shape index (κ3) is 5.11. The average Bonchev–Trinajstić information content (AvgIpc) is 3.14. The van der Waals surface area contributed by atoms with Crippen molar-refractivity contribution in [3.05, 3.63) is 30.3 Å². The monoisotopic (exact) mass is 408 g/mol. The van der Waals surface area contributed by atoms with Crippen molar-refractivity contribution in [3.8, 4) is 5.75 Å². The molecule has 2 unspecified atom stereocenters. The molecule has 1 aromatic rings. The van der Waals surface area contributed by atoms with E-state index in [4.69, 9.17) is 16.2 Å². The van der Waals surface area contributed by atoms with Gasteiger partial charge in [0, 0.05) is 12.8 Å². The minimum atomic E-state index is -1.37. The Kier molecular flexibility index (Phi) is 8.12. The Hall–Kier alpha value is -2.49. The number of nitrogens with two attached hydrogens (primary N) is 2. The van der Waals surface area contributed by atoms with Crippen molar-refractivity contribution in [2.45, 2.75) is 50.2 Å². The molecule has 0 aromatic heterocycles. The topological polar surface area (TPSA) is 153 Å². The predicted octanol–water partition coefficient (Wildman–Crippen LogP) is 0.565. The summed E-state index contributed by atoms with van der Waals surface area (Å²) >= 11 is 0. The van der Waals surface area contributed by atoms with Gasteiger partial charge in [-0.3, -0.25) is 0 Å². The highest BCUT2D eigenvalue weighted by Crippen LogP contribution is 2.33. The van der Waals surface area contributed by atoms with Gasteiger partial charge in [0.05, 0.1) is 6.54 Å². The lowest BCUT2D eigenvalue weighted by Crippen LogP contribution is -2.71. The lowest BCUT2D eigenvalue weighted by atomic mass is 10.0. The Labute approximate surface area is 169 Å². The van der Waals surface area contributed by atoms with Gasteiger partial charge in [0.15, 0.2) is 12.6 Å². The molecule has 160 valence electrons. The number of unbranched alkanes of at least 4 members (excludes halogenated alkanes) is 1. The van der Waals surface area contributed by atoms with Crippen LogP contribution in [0, 0.1) is 0 Å². The van der Waals surface area contributed by atoms with Crippen LogP contribution in [0.5, 0.6) is 5.75 Å². The number of carboxylic acid groups (broad SMARTS) is 2. The predicted molar refractivity (Wildman–Crippen MR) is 105 cm³/mol. The summed E-state index contributed by atoms with van der Waals surface area (Å²) in [6.45, 7) is 0.237. The van der Waals surface area contributed by atoms with Gasteiger partial charge in [-0.25, -0.2) is 18.9 Å². The minimum Gasteiger partial charge on any atom is -0.487 e. The number of ether oxygens (including phenoxy) is 1. The summed E-state index contributed by atoms with van der Waals surface area (Å²) in [5.74, 6) is -2.59. The molecule has 0 saturated carbocycles. The summed E-state index contributed by atoms with van der Waals surface area (Å²) in [7, 11) is 0. The number of carbonyl (C=O) groups excluding carboxylic acids is 1. The van der Waals surface area contributed by atoms with Gasteiger partial charge in [-0.2, -0.15) is 0 Å². The van der Waals surface area contributed by atoms with Crippen LogP contribution in [0.15, 0.2) is 30.3 Å². The molecule has 1 aliphatic heterocycles. The van der Waals surface area contributed by atoms with Crippen molar-refractivity contribution in [1.82, 2.24) is 0 Å². The fourth-order valence-corrected chi connectivity index (χ4v) is 4.08. The molecule has 0 spiro atoms. The lowest BCUT2D eigenvalue weighted by molar-refractivity contribution is -0.875. The van der Waals surface area contributed by atoms with Crippen molar-refractivity contribution in [2.75, 3.05) is 19.7 Å². The second kappa shape index (κ2) is 10.3. The third-order valence-corrected chi connectivity index (χ3v) is 5.54. The highest BCUT2D eigenvalue weighted by molar-refractivity contribution is 5.84. The first kappa shape index (κ1) is 22.8. The number of hydrogen-bond acceptors (Lipinski definition) is 6. The van der Waals surface area contributed by atoms with E-state index in [1.807, 2.05) is 0 Å². The number of benzene rings is 1. The summed E-state index contributed by atoms with van der Waals surface area (Å²) in [4.78, 5) is 37.5. The normalized spacial score (nSPS) is 23.3. The maximum atomic E-state index is 13.4. The van der Waals surface area contributed by atoms with E-state index < -0.39 is 40.5 Å². The van der Waals surface area contributed by atoms with Gasteiger partial charge in [0.2, 0.25) is 6.04 Å². The maximum Gasteiger partial charge on any atom is 0.366 e. The van der Waals surface area contributed by atoms with Crippen molar-refractivity contribution < 1.29 is 33.8 Å². The zero-order chi connectivity index (χ0) is 21.4. The zero-order valence-corrected chi connectivity index (χ0v) is 16.4. The second-order valence-electron chi connectivity index (χ2n) is 7.36. The minimum absolute atomic E-state index is 0.107. The highest BCUT2D eigenvalue weighted by atomic mass is 16.5. The van der Waals surface area contributed by atoms with E-state index >= 15 is 0 Å². The van der Waals surface area contributed by atoms with Gasteiger partial charge >= 0.3 is 17.8 Å². The Balaban J connectivity index is 2.34. The number of quaternary nitrogens is 1. The van der Waals surface area contributed by atoms with Gasteiger partial charge < -0.3 is 26.4 Å². The summed E-state index contributed by atoms with van der Waals surface area (Å²) in [5.41, 5.74) is 11.6. The summed E-state index contributed by atoms with van der Waals surface area (Å²) in [6.07, 6.45) is 2.26. The second-order valence-corrected chi connectivity index (χ2v) is 7.36. The van der Waals surface area contributed by atoms with E-state index in [1.54, 1.807) is 30.3 Å². The zero-order valence-electron chi connectivity index (χ0n) is 16.4. The highest BCUT2D eigenvalue weighted by Gasteiger charge is 2.60. The van der Waals surface area contributed by atoms with Gasteiger partial charge in [0.1, 0.15) is 11.8 Å². The van der Waals surface area contributed by atoms with Crippen molar-refractivity contribution in [2.24, 2.45) is 11.5 Å². The van der Waals surface area contributed by atoms with Gasteiger partial charge in [-0.15, -0.1) is 0 Å². The molecule has 0 bridgehead atoms. The fraction of sp³-hybridized carbons (Fsp3) is 0.550. The number of nitrogens with zero attached hydrogens (tertiary/aromatic N) is 1. The van der Waals surface area contributed by atoms with Gasteiger partial charge in [-0.05, 0) is 37.9 Å². The smallest absolute Gasteiger partial charge is 0.366 e. The van der Waals surface area contributed by atoms with E-state index in [0.717, 1.165) is 0 Å². The Morgan fingerprint density at radius 1 is 1.17 bits per heavy atom. The Morgan fingerprint density at radius 2 is 1.86 bits per heavy atom. The average molecular weight is 408 g/mol. The van der Waals surface area contributed by atoms with Crippen LogP contribution in [-0.2, 0) is 14.4 Å². The van der Waals surface area contributed by atoms with Crippen LogP contribution in [0.2, 0.25) is 0 Å². The standard InChI is InChI=1S/C20H29N3O6/c21-11-5-4-9-15(22)18(24)23(12-6-10-16(23)19(25)26)17(20(27)28)13-29-14-7-2-1-3-8-14/h1-3,7-8,15-17H,4-6,9-13,21-22H2,(H-,25,26,27,28)/p+1/t15-,16-,17?,23?/m0/s1. The molecule has 1 amide bonds. The number of para-hydroxylation sites is 1. The molecule has 0 radical (unpaired) electrons. The number of amides is 1. The van der Waals surface area contributed by atoms with Crippen LogP contribution in [0.1, 0.15) is 32.1 Å². The molecule has 4 atom stereocenters. The lowest BCUT2D eigenvalue weighted by Gasteiger charge is -2.41. The van der Waals surface area contributed by atoms with Crippen LogP contribution in [-0.4, -0.2) is 70.4 Å². The van der Waals surface area contributed by atoms with Crippen LogP contribution in [0.25, 0.3) is 0 Å². The molecule has 1 heterocycles. The molecule has 9 heteroatoms. The first-order valence-electron chi connectivity index (χ1n) is 9.85. The first-order chi connectivity index (χ1) is 13.8. The molecule has 29 heavy (non-hydrogen) atoms. The third-order valence-electron chi connectivity index (χ3n) is 5.54. The first-order valence-corrected chi connectivity index (χ1v) is 9.85. The number of carbonyl (C=O) groups is 3. The van der Waals surface area contributed by atoms with Crippen LogP contribution in [0.3, 0.4) is 0 Å². The SMILES string of the molecule is NCCCC[C@H](N)C(=O)[N+]1(C(COc2ccccc2)C(=O)O)CCC[C@H]1C(=O)O. The quantitative estimate of drug-likeness (QED) is 0.306. The van der Waals surface area contributed by atoms with E-state index in [-0.39, 0.29) is 19.6 Å². The molecule has 0 aliphatic carbocycles. The van der Waals surface area contributed by atoms with Crippen LogP contribution >= 0.6 is 0 Å². The van der Waals surface area contributed by atoms with E-state index in [1.165, 1.54) is 0 Å². The van der Waals surface area contributed by atoms with Crippen LogP contribution < -0.4 is 16.2 Å². The van der Waals surface area contributed by atoms with E-state index in [9.17, 15) is 24.6 Å². The number of aliphatic carboxylic acids is 2. The summed E-state index contributed by atoms with van der Waals surface area (Å²) in [5, 5.41) is 19.7. The van der Waals surface area contributed by atoms with E-state index in [2.05, 4.69) is 0 Å². The molecule has 1 fully saturated rings. The Morgan fingerprint density at radius 3 is 2.45 bits per heavy atom. The molecule has 2 rings (SSSR count). The molecule has 6 N–H and O–H groups in total. The Bertz CT molecular complexity index is 713. The molecule has 1 aromatic carbocycles. The van der Waals surface area contributed by atoms with Gasteiger partial charge in [0.25, 0.3) is 0 Å². The maximum absolute atomic E-state index is 13.4. The van der Waals surface area contributed by atoms with E-state index in [0.29, 0.717) is 38.0 Å². The summed E-state index contributed by atoms with van der Waals surface area (Å²) in [6, 6.07) is 5.12.